The van der Waals surface area contributed by atoms with Gasteiger partial charge in [-0.1, -0.05) is 0 Å². The van der Waals surface area contributed by atoms with Gasteiger partial charge in [0.05, 0.1) is 12.7 Å². The van der Waals surface area contributed by atoms with Gasteiger partial charge in [-0.2, -0.15) is 5.26 Å². The fraction of sp³-hybridized carbons (Fsp3) is 0.615. The van der Waals surface area contributed by atoms with Gasteiger partial charge in [0.25, 0.3) is 0 Å². The highest BCUT2D eigenvalue weighted by Crippen LogP contribution is 2.19. The Hall–Kier alpha value is -1.71. The van der Waals surface area contributed by atoms with E-state index in [-0.39, 0.29) is 0 Å². The molecule has 19 heavy (non-hydrogen) atoms. The molecule has 0 bridgehead atoms. The largest absolute Gasteiger partial charge is 0.376 e. The zero-order valence-corrected chi connectivity index (χ0v) is 10.9. The van der Waals surface area contributed by atoms with Gasteiger partial charge in [-0.15, -0.1) is 0 Å². The molecule has 0 radical (unpaired) electrons. The summed E-state index contributed by atoms with van der Waals surface area (Å²) >= 11 is 0. The Bertz CT molecular complexity index is 437. The smallest absolute Gasteiger partial charge is 0.223 e. The van der Waals surface area contributed by atoms with Crippen LogP contribution in [0, 0.1) is 11.3 Å². The van der Waals surface area contributed by atoms with Gasteiger partial charge in [0.15, 0.2) is 0 Å². The van der Waals surface area contributed by atoms with Crippen molar-refractivity contribution in [1.29, 1.82) is 5.26 Å². The number of nitrogens with one attached hydrogen (secondary N) is 1. The summed E-state index contributed by atoms with van der Waals surface area (Å²) in [6.45, 7) is 1.25. The SMILES string of the molecule is N#Cc1ccnc(NCCOC2CCC(N)CC2)n1. The number of anilines is 1. The van der Waals surface area contributed by atoms with E-state index in [1.807, 2.05) is 6.07 Å². The number of ether oxygens (including phenoxy) is 1. The van der Waals surface area contributed by atoms with Crippen LogP contribution >= 0.6 is 0 Å². The highest BCUT2D eigenvalue weighted by atomic mass is 16.5. The van der Waals surface area contributed by atoms with Crippen molar-refractivity contribution < 1.29 is 4.74 Å². The van der Waals surface area contributed by atoms with Gasteiger partial charge in [-0.3, -0.25) is 0 Å². The molecule has 0 amide bonds. The fourth-order valence-corrected chi connectivity index (χ4v) is 2.15. The fourth-order valence-electron chi connectivity index (χ4n) is 2.15. The minimum atomic E-state index is 0.327. The molecule has 0 saturated heterocycles. The van der Waals surface area contributed by atoms with Crippen LogP contribution in [0.2, 0.25) is 0 Å². The second-order valence-corrected chi connectivity index (χ2v) is 4.71. The molecule has 1 heterocycles. The quantitative estimate of drug-likeness (QED) is 0.769. The van der Waals surface area contributed by atoms with E-state index in [9.17, 15) is 0 Å². The van der Waals surface area contributed by atoms with E-state index in [1.54, 1.807) is 12.3 Å². The Morgan fingerprint density at radius 3 is 2.95 bits per heavy atom. The standard InChI is InChI=1S/C13H19N5O/c14-9-11-5-6-16-13(18-11)17-7-8-19-12-3-1-10(15)2-4-12/h5-6,10,12H,1-4,7-8,15H2,(H,16,17,18). The molecule has 2 rings (SSSR count). The minimum Gasteiger partial charge on any atom is -0.376 e. The first-order chi connectivity index (χ1) is 9.28. The lowest BCUT2D eigenvalue weighted by Crippen LogP contribution is -2.31. The van der Waals surface area contributed by atoms with E-state index in [1.165, 1.54) is 0 Å². The average molecular weight is 261 g/mol. The number of aromatic nitrogens is 2. The average Bonchev–Trinajstić information content (AvgIpc) is 2.46. The highest BCUT2D eigenvalue weighted by Gasteiger charge is 2.18. The molecule has 0 aromatic carbocycles. The molecule has 1 aromatic heterocycles. The summed E-state index contributed by atoms with van der Waals surface area (Å²) in [7, 11) is 0. The Labute approximate surface area is 113 Å². The van der Waals surface area contributed by atoms with Gasteiger partial charge >= 0.3 is 0 Å². The summed E-state index contributed by atoms with van der Waals surface area (Å²) in [5, 5.41) is 11.8. The summed E-state index contributed by atoms with van der Waals surface area (Å²) in [6, 6.07) is 3.90. The summed E-state index contributed by atoms with van der Waals surface area (Å²) in [4.78, 5) is 8.07. The minimum absolute atomic E-state index is 0.327. The normalized spacial score (nSPS) is 22.7. The number of rotatable bonds is 5. The van der Waals surface area contributed by atoms with Crippen molar-refractivity contribution in [3.63, 3.8) is 0 Å². The Morgan fingerprint density at radius 2 is 2.21 bits per heavy atom. The number of nitrogens with zero attached hydrogens (tertiary/aromatic N) is 3. The van der Waals surface area contributed by atoms with Crippen molar-refractivity contribution in [2.24, 2.45) is 5.73 Å². The Morgan fingerprint density at radius 1 is 1.42 bits per heavy atom. The number of nitrogens with two attached hydrogens (primary N) is 1. The first-order valence-electron chi connectivity index (χ1n) is 6.62. The summed E-state index contributed by atoms with van der Waals surface area (Å²) < 4.78 is 5.77. The first-order valence-corrected chi connectivity index (χ1v) is 6.62. The number of hydrogen-bond acceptors (Lipinski definition) is 6. The van der Waals surface area contributed by atoms with Crippen LogP contribution in [0.4, 0.5) is 5.95 Å². The zero-order chi connectivity index (χ0) is 13.5. The lowest BCUT2D eigenvalue weighted by molar-refractivity contribution is 0.0312. The summed E-state index contributed by atoms with van der Waals surface area (Å²) in [5.74, 6) is 0.466. The molecule has 1 aliphatic carbocycles. The third-order valence-corrected chi connectivity index (χ3v) is 3.23. The highest BCUT2D eigenvalue weighted by molar-refractivity contribution is 5.29. The monoisotopic (exact) mass is 261 g/mol. The van der Waals surface area contributed by atoms with Gasteiger partial charge in [0.1, 0.15) is 11.8 Å². The molecule has 0 aliphatic heterocycles. The molecule has 1 fully saturated rings. The molecule has 6 heteroatoms. The lowest BCUT2D eigenvalue weighted by Gasteiger charge is -2.26. The van der Waals surface area contributed by atoms with Crippen molar-refractivity contribution in [2.75, 3.05) is 18.5 Å². The summed E-state index contributed by atoms with van der Waals surface area (Å²) in [6.07, 6.45) is 6.07. The van der Waals surface area contributed by atoms with Crippen LogP contribution in [0.5, 0.6) is 0 Å². The van der Waals surface area contributed by atoms with E-state index >= 15 is 0 Å². The molecule has 6 nitrogen and oxygen atoms in total. The predicted octanol–water partition coefficient (Wildman–Crippen LogP) is 1.05. The van der Waals surface area contributed by atoms with Gasteiger partial charge < -0.3 is 15.8 Å². The molecular weight excluding hydrogens is 242 g/mol. The van der Waals surface area contributed by atoms with Crippen LogP contribution in [0.25, 0.3) is 0 Å². The maximum absolute atomic E-state index is 8.72. The van der Waals surface area contributed by atoms with Gasteiger partial charge in [0.2, 0.25) is 5.95 Å². The van der Waals surface area contributed by atoms with E-state index in [2.05, 4.69) is 15.3 Å². The van der Waals surface area contributed by atoms with Crippen LogP contribution in [-0.2, 0) is 4.74 Å². The van der Waals surface area contributed by atoms with Crippen LogP contribution < -0.4 is 11.1 Å². The molecule has 102 valence electrons. The second kappa shape index (κ2) is 7.02. The Balaban J connectivity index is 1.65. The predicted molar refractivity (Wildman–Crippen MR) is 71.4 cm³/mol. The molecule has 1 saturated carbocycles. The second-order valence-electron chi connectivity index (χ2n) is 4.71. The third-order valence-electron chi connectivity index (χ3n) is 3.23. The van der Waals surface area contributed by atoms with Gasteiger partial charge in [0, 0.05) is 18.8 Å². The molecular formula is C13H19N5O. The zero-order valence-electron chi connectivity index (χ0n) is 10.9. The first kappa shape index (κ1) is 13.7. The van der Waals surface area contributed by atoms with E-state index < -0.39 is 0 Å². The molecule has 1 aliphatic rings. The Kier molecular flexibility index (Phi) is 5.07. The number of nitriles is 1. The van der Waals surface area contributed by atoms with Gasteiger partial charge in [-0.05, 0) is 31.7 Å². The lowest BCUT2D eigenvalue weighted by atomic mass is 9.94. The topological polar surface area (TPSA) is 96.8 Å². The van der Waals surface area contributed by atoms with E-state index in [0.29, 0.717) is 36.9 Å². The molecule has 1 aromatic rings. The molecule has 0 unspecified atom stereocenters. The van der Waals surface area contributed by atoms with Crippen LogP contribution in [0.1, 0.15) is 31.4 Å². The van der Waals surface area contributed by atoms with Gasteiger partial charge in [-0.25, -0.2) is 9.97 Å². The van der Waals surface area contributed by atoms with E-state index in [0.717, 1.165) is 25.7 Å². The van der Waals surface area contributed by atoms with Crippen molar-refractivity contribution in [3.8, 4) is 6.07 Å². The molecule has 0 spiro atoms. The van der Waals surface area contributed by atoms with Crippen molar-refractivity contribution in [2.45, 2.75) is 37.8 Å². The van der Waals surface area contributed by atoms with Crippen LogP contribution in [0.15, 0.2) is 12.3 Å². The number of hydrogen-bond donors (Lipinski definition) is 2. The summed E-state index contributed by atoms with van der Waals surface area (Å²) in [5.41, 5.74) is 6.21. The third kappa shape index (κ3) is 4.47. The van der Waals surface area contributed by atoms with Crippen LogP contribution in [-0.4, -0.2) is 35.3 Å². The maximum atomic E-state index is 8.72. The van der Waals surface area contributed by atoms with Crippen molar-refractivity contribution in [3.05, 3.63) is 18.0 Å². The molecule has 3 N–H and O–H groups in total. The van der Waals surface area contributed by atoms with Crippen molar-refractivity contribution >= 4 is 5.95 Å². The maximum Gasteiger partial charge on any atom is 0.223 e. The molecule has 0 atom stereocenters. The van der Waals surface area contributed by atoms with E-state index in [4.69, 9.17) is 15.7 Å². The van der Waals surface area contributed by atoms with Crippen molar-refractivity contribution in [1.82, 2.24) is 9.97 Å². The van der Waals surface area contributed by atoms with Crippen LogP contribution in [0.3, 0.4) is 0 Å².